The van der Waals surface area contributed by atoms with Crippen LogP contribution in [-0.4, -0.2) is 81.1 Å². The molecule has 1 atom stereocenters. The number of halogens is 1. The van der Waals surface area contributed by atoms with Gasteiger partial charge in [0, 0.05) is 58.3 Å². The topological polar surface area (TPSA) is 69.2 Å². The van der Waals surface area contributed by atoms with E-state index in [9.17, 15) is 4.79 Å². The maximum atomic E-state index is 12.4. The average Bonchev–Trinajstić information content (AvgIpc) is 2.78. The number of rotatable bonds is 10. The number of guanidine groups is 1. The SMILES string of the molecule is CCNC(=NCCC(C)c1ccc(OC)cc1)NCCN1CCN(C(=O)C2CCC2)CC1.I. The first-order chi connectivity index (χ1) is 15.6. The van der Waals surface area contributed by atoms with Gasteiger partial charge in [-0.3, -0.25) is 14.7 Å². The van der Waals surface area contributed by atoms with Crippen molar-refractivity contribution in [2.75, 3.05) is 59.5 Å². The lowest BCUT2D eigenvalue weighted by atomic mass is 9.84. The highest BCUT2D eigenvalue weighted by Gasteiger charge is 2.30. The Morgan fingerprint density at radius 3 is 2.42 bits per heavy atom. The van der Waals surface area contributed by atoms with Crippen LogP contribution in [-0.2, 0) is 4.79 Å². The molecule has 2 fully saturated rings. The van der Waals surface area contributed by atoms with Crippen molar-refractivity contribution in [1.29, 1.82) is 0 Å². The molecular formula is C25H42IN5O2. The number of methoxy groups -OCH3 is 1. The Labute approximate surface area is 216 Å². The number of benzene rings is 1. The van der Waals surface area contributed by atoms with Crippen LogP contribution in [0.3, 0.4) is 0 Å². The molecule has 1 aliphatic heterocycles. The molecule has 3 rings (SSSR count). The Morgan fingerprint density at radius 1 is 1.15 bits per heavy atom. The summed E-state index contributed by atoms with van der Waals surface area (Å²) in [7, 11) is 1.69. The number of nitrogens with zero attached hydrogens (tertiary/aromatic N) is 3. The predicted octanol–water partition coefficient (Wildman–Crippen LogP) is 3.31. The Hall–Kier alpha value is -1.55. The highest BCUT2D eigenvalue weighted by atomic mass is 127. The number of nitrogens with one attached hydrogen (secondary N) is 2. The van der Waals surface area contributed by atoms with Crippen LogP contribution >= 0.6 is 24.0 Å². The van der Waals surface area contributed by atoms with Gasteiger partial charge in [0.1, 0.15) is 5.75 Å². The van der Waals surface area contributed by atoms with Crippen LogP contribution < -0.4 is 15.4 Å². The molecule has 1 saturated carbocycles. The lowest BCUT2D eigenvalue weighted by molar-refractivity contribution is -0.139. The van der Waals surface area contributed by atoms with Crippen molar-refractivity contribution in [3.8, 4) is 5.75 Å². The fourth-order valence-electron chi connectivity index (χ4n) is 4.25. The van der Waals surface area contributed by atoms with E-state index in [2.05, 4.69) is 46.4 Å². The summed E-state index contributed by atoms with van der Waals surface area (Å²) in [5.74, 6) is 2.93. The van der Waals surface area contributed by atoms with Gasteiger partial charge in [0.15, 0.2) is 5.96 Å². The maximum absolute atomic E-state index is 12.4. The van der Waals surface area contributed by atoms with Crippen LogP contribution in [0.15, 0.2) is 29.3 Å². The summed E-state index contributed by atoms with van der Waals surface area (Å²) in [4.78, 5) is 21.7. The molecule has 2 N–H and O–H groups in total. The second-order valence-corrected chi connectivity index (χ2v) is 8.95. The van der Waals surface area contributed by atoms with Crippen molar-refractivity contribution >= 4 is 35.8 Å². The van der Waals surface area contributed by atoms with Gasteiger partial charge < -0.3 is 20.3 Å². The van der Waals surface area contributed by atoms with Gasteiger partial charge in [0.2, 0.25) is 5.91 Å². The van der Waals surface area contributed by atoms with E-state index in [1.807, 2.05) is 12.1 Å². The number of hydrogen-bond acceptors (Lipinski definition) is 4. The molecule has 2 aliphatic rings. The van der Waals surface area contributed by atoms with Gasteiger partial charge in [-0.2, -0.15) is 0 Å². The van der Waals surface area contributed by atoms with E-state index in [0.717, 1.165) is 83.3 Å². The molecule has 0 bridgehead atoms. The van der Waals surface area contributed by atoms with Crippen LogP contribution in [0.1, 0.15) is 51.0 Å². The molecule has 1 aromatic carbocycles. The van der Waals surface area contributed by atoms with Gasteiger partial charge in [-0.25, -0.2) is 0 Å². The first-order valence-corrected chi connectivity index (χ1v) is 12.3. The molecule has 1 aromatic rings. The minimum atomic E-state index is 0. The smallest absolute Gasteiger partial charge is 0.225 e. The predicted molar refractivity (Wildman–Crippen MR) is 146 cm³/mol. The molecule has 7 nitrogen and oxygen atoms in total. The molecule has 0 spiro atoms. The molecule has 8 heteroatoms. The number of ether oxygens (including phenoxy) is 1. The van der Waals surface area contributed by atoms with E-state index in [4.69, 9.17) is 9.73 Å². The molecular weight excluding hydrogens is 529 g/mol. The number of aliphatic imine (C=N–C) groups is 1. The van der Waals surface area contributed by atoms with Gasteiger partial charge in [-0.05, 0) is 49.8 Å². The summed E-state index contributed by atoms with van der Waals surface area (Å²) < 4.78 is 5.24. The molecule has 1 aliphatic carbocycles. The van der Waals surface area contributed by atoms with Crippen LogP contribution in [0.25, 0.3) is 0 Å². The van der Waals surface area contributed by atoms with Crippen molar-refractivity contribution in [2.45, 2.75) is 45.4 Å². The minimum absolute atomic E-state index is 0. The minimum Gasteiger partial charge on any atom is -0.497 e. The fraction of sp³-hybridized carbons (Fsp3) is 0.680. The molecule has 1 amide bonds. The van der Waals surface area contributed by atoms with Gasteiger partial charge in [0.05, 0.1) is 7.11 Å². The zero-order valence-corrected chi connectivity index (χ0v) is 22.8. The van der Waals surface area contributed by atoms with Crippen molar-refractivity contribution in [3.63, 3.8) is 0 Å². The molecule has 1 saturated heterocycles. The lowest BCUT2D eigenvalue weighted by Gasteiger charge is -2.38. The molecule has 0 aromatic heterocycles. The van der Waals surface area contributed by atoms with Gasteiger partial charge in [0.25, 0.3) is 0 Å². The normalized spacial score (nSPS) is 18.2. The average molecular weight is 572 g/mol. The standard InChI is InChI=1S/C25H41N5O2.HI/c1-4-26-25(27-13-12-20(2)21-8-10-23(32-3)11-9-21)28-14-15-29-16-18-30(19-17-29)24(31)22-6-5-7-22;/h8-11,20,22H,4-7,12-19H2,1-3H3,(H2,26,27,28);1H. The molecule has 1 heterocycles. The molecule has 0 radical (unpaired) electrons. The first-order valence-electron chi connectivity index (χ1n) is 12.3. The van der Waals surface area contributed by atoms with Crippen molar-refractivity contribution in [3.05, 3.63) is 29.8 Å². The third kappa shape index (κ3) is 8.63. The first kappa shape index (κ1) is 27.7. The monoisotopic (exact) mass is 571 g/mol. The van der Waals surface area contributed by atoms with E-state index in [-0.39, 0.29) is 24.0 Å². The zero-order valence-electron chi connectivity index (χ0n) is 20.5. The van der Waals surface area contributed by atoms with Gasteiger partial charge in [-0.1, -0.05) is 25.5 Å². The maximum Gasteiger partial charge on any atom is 0.225 e. The van der Waals surface area contributed by atoms with E-state index < -0.39 is 0 Å². The second-order valence-electron chi connectivity index (χ2n) is 8.95. The Morgan fingerprint density at radius 2 is 1.85 bits per heavy atom. The molecule has 186 valence electrons. The quantitative estimate of drug-likeness (QED) is 0.256. The number of hydrogen-bond donors (Lipinski definition) is 2. The third-order valence-electron chi connectivity index (χ3n) is 6.72. The second kappa shape index (κ2) is 14.7. The lowest BCUT2D eigenvalue weighted by Crippen LogP contribution is -2.52. The van der Waals surface area contributed by atoms with E-state index in [1.54, 1.807) is 7.11 Å². The summed E-state index contributed by atoms with van der Waals surface area (Å²) in [6.45, 7) is 11.5. The summed E-state index contributed by atoms with van der Waals surface area (Å²) in [5, 5.41) is 6.81. The summed E-state index contributed by atoms with van der Waals surface area (Å²) >= 11 is 0. The van der Waals surface area contributed by atoms with E-state index >= 15 is 0 Å². The summed E-state index contributed by atoms with van der Waals surface area (Å²) in [6.07, 6.45) is 4.40. The van der Waals surface area contributed by atoms with Crippen LogP contribution in [0, 0.1) is 5.92 Å². The van der Waals surface area contributed by atoms with Crippen molar-refractivity contribution < 1.29 is 9.53 Å². The van der Waals surface area contributed by atoms with Gasteiger partial charge in [-0.15, -0.1) is 24.0 Å². The molecule has 33 heavy (non-hydrogen) atoms. The number of carbonyl (C=O) groups excluding carboxylic acids is 1. The Kier molecular flexibility index (Phi) is 12.3. The van der Waals surface area contributed by atoms with Crippen LogP contribution in [0.5, 0.6) is 5.75 Å². The highest BCUT2D eigenvalue weighted by Crippen LogP contribution is 2.28. The number of carbonyl (C=O) groups is 1. The van der Waals surface area contributed by atoms with Crippen LogP contribution in [0.2, 0.25) is 0 Å². The van der Waals surface area contributed by atoms with Crippen LogP contribution in [0.4, 0.5) is 0 Å². The van der Waals surface area contributed by atoms with Crippen molar-refractivity contribution in [1.82, 2.24) is 20.4 Å². The fourth-order valence-corrected chi connectivity index (χ4v) is 4.25. The largest absolute Gasteiger partial charge is 0.497 e. The van der Waals surface area contributed by atoms with E-state index in [1.165, 1.54) is 12.0 Å². The number of amides is 1. The summed E-state index contributed by atoms with van der Waals surface area (Å²) in [5.41, 5.74) is 1.31. The molecule has 1 unspecified atom stereocenters. The van der Waals surface area contributed by atoms with E-state index in [0.29, 0.717) is 17.7 Å². The Bertz CT molecular complexity index is 731. The van der Waals surface area contributed by atoms with Crippen molar-refractivity contribution in [2.24, 2.45) is 10.9 Å². The van der Waals surface area contributed by atoms with Gasteiger partial charge >= 0.3 is 0 Å². The summed E-state index contributed by atoms with van der Waals surface area (Å²) in [6, 6.07) is 8.31. The third-order valence-corrected chi connectivity index (χ3v) is 6.72. The highest BCUT2D eigenvalue weighted by molar-refractivity contribution is 14.0. The Balaban J connectivity index is 0.00000385. The number of piperazine rings is 1. The zero-order chi connectivity index (χ0) is 22.8.